The number of ketones is 1. The Hall–Kier alpha value is -2.28. The number of hydrogen-bond donors (Lipinski definition) is 1. The number of hydrogen-bond acceptors (Lipinski definition) is 6. The molecule has 144 valence electrons. The van der Waals surface area contributed by atoms with Crippen molar-refractivity contribution in [3.63, 3.8) is 0 Å². The van der Waals surface area contributed by atoms with E-state index in [1.165, 1.54) is 22.0 Å². The molecule has 2 N–H and O–H groups in total. The number of benzene rings is 1. The Morgan fingerprint density at radius 1 is 1.26 bits per heavy atom. The molecule has 27 heavy (non-hydrogen) atoms. The lowest BCUT2D eigenvalue weighted by molar-refractivity contribution is -0.112. The average Bonchev–Trinajstić information content (AvgIpc) is 3.05. The maximum atomic E-state index is 12.6. The summed E-state index contributed by atoms with van der Waals surface area (Å²) >= 11 is 1.31. The highest BCUT2D eigenvalue weighted by molar-refractivity contribution is 7.99. The van der Waals surface area contributed by atoms with E-state index in [0.29, 0.717) is 11.0 Å². The van der Waals surface area contributed by atoms with Gasteiger partial charge in [-0.1, -0.05) is 64.6 Å². The van der Waals surface area contributed by atoms with Crippen LogP contribution in [0.1, 0.15) is 46.0 Å². The van der Waals surface area contributed by atoms with Crippen molar-refractivity contribution in [3.8, 4) is 0 Å². The Kier molecular flexibility index (Phi) is 4.84. The van der Waals surface area contributed by atoms with Crippen LogP contribution in [0, 0.1) is 0 Å². The Morgan fingerprint density at radius 3 is 2.52 bits per heavy atom. The average molecular weight is 386 g/mol. The quantitative estimate of drug-likeness (QED) is 0.494. The van der Waals surface area contributed by atoms with Crippen molar-refractivity contribution < 1.29 is 4.79 Å². The van der Waals surface area contributed by atoms with Crippen molar-refractivity contribution in [2.75, 3.05) is 23.5 Å². The van der Waals surface area contributed by atoms with Crippen LogP contribution in [0.2, 0.25) is 0 Å². The van der Waals surface area contributed by atoms with E-state index in [9.17, 15) is 4.79 Å². The molecule has 2 heterocycles. The lowest BCUT2D eigenvalue weighted by Crippen LogP contribution is -2.25. The van der Waals surface area contributed by atoms with Crippen molar-refractivity contribution >= 4 is 23.2 Å². The summed E-state index contributed by atoms with van der Waals surface area (Å²) in [5.74, 6) is 7.09. The van der Waals surface area contributed by atoms with Crippen molar-refractivity contribution in [2.24, 2.45) is 0 Å². The molecule has 0 spiro atoms. The number of aromatic nitrogens is 3. The number of thioether (sulfide) groups is 1. The van der Waals surface area contributed by atoms with Crippen LogP contribution in [-0.2, 0) is 15.6 Å². The number of carbonyl (C=O) groups is 1. The van der Waals surface area contributed by atoms with Crippen LogP contribution in [0.4, 0.5) is 5.69 Å². The number of rotatable bonds is 4. The molecular formula is C20H27N5OS. The van der Waals surface area contributed by atoms with E-state index in [2.05, 4.69) is 41.1 Å². The van der Waals surface area contributed by atoms with E-state index in [1.54, 1.807) is 6.08 Å². The zero-order valence-corrected chi connectivity index (χ0v) is 17.6. The van der Waals surface area contributed by atoms with Crippen molar-refractivity contribution in [1.82, 2.24) is 14.9 Å². The molecule has 0 saturated heterocycles. The molecule has 1 aliphatic heterocycles. The van der Waals surface area contributed by atoms with Gasteiger partial charge in [-0.25, -0.2) is 4.68 Å². The van der Waals surface area contributed by atoms with Crippen LogP contribution in [-0.4, -0.2) is 33.5 Å². The molecule has 3 rings (SSSR count). The molecule has 0 saturated carbocycles. The number of anilines is 1. The Bertz CT molecular complexity index is 907. The molecule has 0 unspecified atom stereocenters. The zero-order chi connectivity index (χ0) is 20.0. The van der Waals surface area contributed by atoms with Gasteiger partial charge in [-0.2, -0.15) is 0 Å². The molecule has 1 aliphatic rings. The highest BCUT2D eigenvalue weighted by atomic mass is 32.2. The molecule has 6 nitrogen and oxygen atoms in total. The number of fused-ring (bicyclic) bond motifs is 1. The van der Waals surface area contributed by atoms with E-state index in [-0.39, 0.29) is 22.4 Å². The van der Waals surface area contributed by atoms with Crippen LogP contribution < -0.4 is 10.7 Å². The van der Waals surface area contributed by atoms with Gasteiger partial charge in [0.1, 0.15) is 0 Å². The maximum Gasteiger partial charge on any atom is 0.210 e. The number of likely N-dealkylation sites (N-methyl/N-ethyl adjacent to an activating group) is 1. The summed E-state index contributed by atoms with van der Waals surface area (Å²) < 4.78 is 1.48. The first-order chi connectivity index (χ1) is 12.5. The van der Waals surface area contributed by atoms with Crippen LogP contribution in [0.5, 0.6) is 0 Å². The number of para-hydroxylation sites is 1. The van der Waals surface area contributed by atoms with Gasteiger partial charge in [-0.15, -0.1) is 10.2 Å². The third-order valence-electron chi connectivity index (χ3n) is 4.92. The van der Waals surface area contributed by atoms with Gasteiger partial charge >= 0.3 is 0 Å². The topological polar surface area (TPSA) is 77.0 Å². The molecule has 0 atom stereocenters. The van der Waals surface area contributed by atoms with E-state index >= 15 is 0 Å². The number of nitrogens with zero attached hydrogens (tertiary/aromatic N) is 4. The smallest absolute Gasteiger partial charge is 0.210 e. The minimum Gasteiger partial charge on any atom is -0.347 e. The highest BCUT2D eigenvalue weighted by Gasteiger charge is 2.38. The van der Waals surface area contributed by atoms with Gasteiger partial charge in [-0.05, 0) is 11.6 Å². The minimum atomic E-state index is -0.209. The van der Waals surface area contributed by atoms with Crippen molar-refractivity contribution in [3.05, 3.63) is 47.4 Å². The molecular weight excluding hydrogens is 358 g/mol. The van der Waals surface area contributed by atoms with Crippen LogP contribution in [0.3, 0.4) is 0 Å². The molecule has 0 radical (unpaired) electrons. The molecule has 0 amide bonds. The highest BCUT2D eigenvalue weighted by Crippen LogP contribution is 2.46. The summed E-state index contributed by atoms with van der Waals surface area (Å²) in [7, 11) is 2.01. The van der Waals surface area contributed by atoms with Crippen LogP contribution in [0.25, 0.3) is 0 Å². The number of carbonyl (C=O) groups excluding carboxylic acids is 1. The monoisotopic (exact) mass is 385 g/mol. The second-order valence-electron chi connectivity index (χ2n) is 8.41. The summed E-state index contributed by atoms with van der Waals surface area (Å²) in [6, 6.07) is 8.27. The number of allylic oxidation sites excluding steroid dienone is 2. The molecule has 2 aromatic rings. The first-order valence-corrected chi connectivity index (χ1v) is 9.94. The summed E-state index contributed by atoms with van der Waals surface area (Å²) in [6.45, 7) is 10.4. The summed E-state index contributed by atoms with van der Waals surface area (Å²) in [4.78, 5) is 14.7. The lowest BCUT2D eigenvalue weighted by Gasteiger charge is -2.23. The standard InChI is InChI=1S/C20H27N5OS/c1-19(2,3)17-22-23-18(25(17)21)27-12-13(26)11-16-20(4,5)14-9-7-8-10-15(14)24(16)6/h7-11H,12,21H2,1-6H3/b16-11-. The van der Waals surface area contributed by atoms with Gasteiger partial charge in [0.15, 0.2) is 11.6 Å². The summed E-state index contributed by atoms with van der Waals surface area (Å²) in [6.07, 6.45) is 1.74. The molecule has 0 bridgehead atoms. The van der Waals surface area contributed by atoms with E-state index in [4.69, 9.17) is 5.84 Å². The van der Waals surface area contributed by atoms with Gasteiger partial charge in [0.05, 0.1) is 5.75 Å². The van der Waals surface area contributed by atoms with Crippen molar-refractivity contribution in [2.45, 2.75) is 50.6 Å². The predicted octanol–water partition coefficient (Wildman–Crippen LogP) is 3.26. The molecule has 0 aliphatic carbocycles. The fraction of sp³-hybridized carbons (Fsp3) is 0.450. The first-order valence-electron chi connectivity index (χ1n) is 8.95. The van der Waals surface area contributed by atoms with E-state index < -0.39 is 0 Å². The van der Waals surface area contributed by atoms with Gasteiger partial charge in [-0.3, -0.25) is 4.79 Å². The maximum absolute atomic E-state index is 12.6. The third kappa shape index (κ3) is 3.48. The van der Waals surface area contributed by atoms with E-state index in [1.807, 2.05) is 40.0 Å². The summed E-state index contributed by atoms with van der Waals surface area (Å²) in [5, 5.41) is 8.84. The largest absolute Gasteiger partial charge is 0.347 e. The van der Waals surface area contributed by atoms with Crippen LogP contribution in [0.15, 0.2) is 41.2 Å². The Balaban J connectivity index is 1.76. The minimum absolute atomic E-state index is 0.0306. The summed E-state index contributed by atoms with van der Waals surface area (Å²) in [5.41, 5.74) is 2.97. The fourth-order valence-electron chi connectivity index (χ4n) is 3.48. The number of nitrogens with two attached hydrogens (primary N) is 1. The SMILES string of the molecule is CN1/C(=C\C(=O)CSc2nnc(C(C)(C)C)n2N)C(C)(C)c2ccccc21. The molecule has 7 heteroatoms. The van der Waals surface area contributed by atoms with Gasteiger partial charge in [0, 0.05) is 35.3 Å². The Labute approximate surface area is 164 Å². The van der Waals surface area contributed by atoms with Gasteiger partial charge in [0.25, 0.3) is 0 Å². The normalized spacial score (nSPS) is 17.4. The molecule has 1 aromatic heterocycles. The second-order valence-corrected chi connectivity index (χ2v) is 9.35. The lowest BCUT2D eigenvalue weighted by atomic mass is 9.83. The van der Waals surface area contributed by atoms with E-state index in [0.717, 1.165) is 11.4 Å². The molecule has 0 fully saturated rings. The van der Waals surface area contributed by atoms with Crippen LogP contribution >= 0.6 is 11.8 Å². The number of nitrogen functional groups attached to an aromatic ring is 1. The second kappa shape index (κ2) is 6.71. The Morgan fingerprint density at radius 2 is 1.93 bits per heavy atom. The van der Waals surface area contributed by atoms with Gasteiger partial charge in [0.2, 0.25) is 5.16 Å². The zero-order valence-electron chi connectivity index (χ0n) is 16.8. The predicted molar refractivity (Wildman–Crippen MR) is 111 cm³/mol. The van der Waals surface area contributed by atoms with Gasteiger partial charge < -0.3 is 10.7 Å². The first kappa shape index (κ1) is 19.5. The van der Waals surface area contributed by atoms with Crippen molar-refractivity contribution in [1.29, 1.82) is 0 Å². The third-order valence-corrected chi connectivity index (χ3v) is 5.88. The fourth-order valence-corrected chi connectivity index (χ4v) is 4.15. The molecule has 1 aromatic carbocycles.